The SMILES string of the molecule is CC/C=C\C/C=C\C/C=C\C/C=C\C/C=C\C/C=C\CCCCC(=O)NC(COP(=O)([O-])OCC[N+](C)(C)C)C(/C=C\CCCCCCCCCCC)OC(=O)CCCCCCCCCCCCCCCCCCCCCCCCCCCCC. The minimum atomic E-state index is -4.72. The molecule has 0 saturated carbocycles. The zero-order chi connectivity index (χ0) is 62.1. The highest BCUT2D eigenvalue weighted by Crippen LogP contribution is 2.38. The number of esters is 1. The van der Waals surface area contributed by atoms with Gasteiger partial charge in [0.05, 0.1) is 33.8 Å². The summed E-state index contributed by atoms with van der Waals surface area (Å²) in [5.41, 5.74) is 0. The quantitative estimate of drug-likeness (QED) is 0.0212. The number of hydrogen-bond acceptors (Lipinski definition) is 7. The van der Waals surface area contributed by atoms with Crippen LogP contribution in [0, 0.1) is 0 Å². The van der Waals surface area contributed by atoms with Crippen LogP contribution in [0.3, 0.4) is 0 Å². The Bertz CT molecular complexity index is 1730. The molecule has 0 saturated heterocycles. The lowest BCUT2D eigenvalue weighted by molar-refractivity contribution is -0.870. The first kappa shape index (κ1) is 82.2. The number of allylic oxidation sites excluding steroid dienone is 13. The van der Waals surface area contributed by atoms with Crippen LogP contribution in [0.25, 0.3) is 0 Å². The molecular formula is C75H137N2O7P. The number of nitrogens with zero attached hydrogens (tertiary/aromatic N) is 1. The van der Waals surface area contributed by atoms with Crippen molar-refractivity contribution in [3.63, 3.8) is 0 Å². The van der Waals surface area contributed by atoms with Crippen molar-refractivity contribution < 1.29 is 37.3 Å². The zero-order valence-electron chi connectivity index (χ0n) is 56.6. The van der Waals surface area contributed by atoms with Crippen LogP contribution in [-0.4, -0.2) is 69.4 Å². The third-order valence-electron chi connectivity index (χ3n) is 15.8. The molecule has 494 valence electrons. The van der Waals surface area contributed by atoms with E-state index in [1.807, 2.05) is 33.3 Å². The van der Waals surface area contributed by atoms with Crippen molar-refractivity contribution in [2.75, 3.05) is 40.9 Å². The maximum Gasteiger partial charge on any atom is 0.306 e. The number of phosphoric acid groups is 1. The Hall–Kier alpha value is -2.81. The number of carbonyl (C=O) groups is 2. The molecule has 0 aliphatic rings. The number of ether oxygens (including phenoxy) is 1. The van der Waals surface area contributed by atoms with E-state index in [9.17, 15) is 19.0 Å². The molecule has 0 aromatic heterocycles. The minimum Gasteiger partial charge on any atom is -0.756 e. The Morgan fingerprint density at radius 1 is 0.424 bits per heavy atom. The minimum absolute atomic E-state index is 0.0330. The number of unbranched alkanes of at least 4 members (excludes halogenated alkanes) is 37. The Balaban J connectivity index is 5.03. The number of hydrogen-bond donors (Lipinski definition) is 1. The van der Waals surface area contributed by atoms with Crippen LogP contribution in [0.15, 0.2) is 85.1 Å². The van der Waals surface area contributed by atoms with E-state index in [0.29, 0.717) is 17.4 Å². The predicted octanol–water partition coefficient (Wildman–Crippen LogP) is 22.3. The van der Waals surface area contributed by atoms with Gasteiger partial charge in [-0.15, -0.1) is 0 Å². The first-order valence-electron chi connectivity index (χ1n) is 35.9. The fourth-order valence-electron chi connectivity index (χ4n) is 10.4. The standard InChI is InChI=1S/C75H137N2O7P/c1-7-10-13-16-19-22-25-27-29-31-33-35-36-37-38-39-40-42-44-46-48-50-53-56-59-62-65-68-75(79)84-73(66-63-60-57-54-51-24-21-18-15-12-9-3)72(71-83-85(80,81)82-70-69-77(4,5)6)76-74(78)67-64-61-58-55-52-49-47-45-43-41-34-32-30-28-26-23-20-17-14-11-8-2/h11,14,20,23,28,30,34,41,45,47,52,55,63,66,72-73H,7-10,12-13,15-19,21-22,24-27,29,31-33,35-40,42-44,46,48-51,53-54,56-62,64-65,67-71H2,1-6H3,(H-,76,78,80,81)/b14-11-,23-20-,30-28-,41-34-,47-45-,55-52-,66-63-. The molecular weight excluding hydrogens is 1070 g/mol. The summed E-state index contributed by atoms with van der Waals surface area (Å²) in [6.45, 7) is 6.72. The smallest absolute Gasteiger partial charge is 0.306 e. The van der Waals surface area contributed by atoms with E-state index in [0.717, 1.165) is 89.9 Å². The average molecular weight is 1210 g/mol. The van der Waals surface area contributed by atoms with Crippen LogP contribution in [0.4, 0.5) is 0 Å². The van der Waals surface area contributed by atoms with Gasteiger partial charge in [0.1, 0.15) is 19.3 Å². The highest BCUT2D eigenvalue weighted by molar-refractivity contribution is 7.45. The fraction of sp³-hybridized carbons (Fsp3) is 0.787. The third-order valence-corrected chi connectivity index (χ3v) is 16.8. The van der Waals surface area contributed by atoms with Crippen LogP contribution in [0.1, 0.15) is 329 Å². The molecule has 3 unspecified atom stereocenters. The first-order chi connectivity index (χ1) is 41.4. The molecule has 9 nitrogen and oxygen atoms in total. The van der Waals surface area contributed by atoms with Crippen molar-refractivity contribution in [3.8, 4) is 0 Å². The van der Waals surface area contributed by atoms with E-state index < -0.39 is 26.6 Å². The largest absolute Gasteiger partial charge is 0.756 e. The summed E-state index contributed by atoms with van der Waals surface area (Å²) in [5.74, 6) is -0.584. The summed E-state index contributed by atoms with van der Waals surface area (Å²) in [7, 11) is 1.16. The van der Waals surface area contributed by atoms with Crippen molar-refractivity contribution in [1.29, 1.82) is 0 Å². The molecule has 0 heterocycles. The molecule has 0 bridgehead atoms. The number of nitrogens with one attached hydrogen (secondary N) is 1. The molecule has 0 fully saturated rings. The van der Waals surface area contributed by atoms with E-state index in [1.54, 1.807) is 0 Å². The molecule has 3 atom stereocenters. The molecule has 0 aliphatic carbocycles. The van der Waals surface area contributed by atoms with E-state index in [1.165, 1.54) is 199 Å². The van der Waals surface area contributed by atoms with Crippen molar-refractivity contribution in [2.45, 2.75) is 341 Å². The van der Waals surface area contributed by atoms with Gasteiger partial charge in [0.2, 0.25) is 5.91 Å². The molecule has 0 spiro atoms. The Kier molecular flexibility index (Phi) is 62.1. The van der Waals surface area contributed by atoms with Gasteiger partial charge in [-0.3, -0.25) is 14.2 Å². The fourth-order valence-corrected chi connectivity index (χ4v) is 11.1. The predicted molar refractivity (Wildman–Crippen MR) is 367 cm³/mol. The van der Waals surface area contributed by atoms with E-state index >= 15 is 0 Å². The maximum absolute atomic E-state index is 13.6. The van der Waals surface area contributed by atoms with Gasteiger partial charge in [0, 0.05) is 12.8 Å². The third kappa shape index (κ3) is 65.5. The number of likely N-dealkylation sites (N-methyl/N-ethyl adjacent to an activating group) is 1. The van der Waals surface area contributed by atoms with Gasteiger partial charge in [-0.2, -0.15) is 0 Å². The summed E-state index contributed by atoms with van der Waals surface area (Å²) in [4.78, 5) is 40.1. The second-order valence-electron chi connectivity index (χ2n) is 25.4. The Morgan fingerprint density at radius 3 is 1.14 bits per heavy atom. The number of carbonyl (C=O) groups excluding carboxylic acids is 2. The average Bonchev–Trinajstić information content (AvgIpc) is 3.57. The lowest BCUT2D eigenvalue weighted by Gasteiger charge is -2.30. The van der Waals surface area contributed by atoms with Crippen molar-refractivity contribution in [3.05, 3.63) is 85.1 Å². The molecule has 0 aromatic carbocycles. The molecule has 1 amide bonds. The molecule has 0 rings (SSSR count). The van der Waals surface area contributed by atoms with Gasteiger partial charge in [-0.05, 0) is 83.1 Å². The summed E-state index contributed by atoms with van der Waals surface area (Å²) < 4.78 is 30.4. The van der Waals surface area contributed by atoms with Crippen LogP contribution in [-0.2, 0) is 27.9 Å². The van der Waals surface area contributed by atoms with Gasteiger partial charge < -0.3 is 28.5 Å². The highest BCUT2D eigenvalue weighted by atomic mass is 31.2. The summed E-state index contributed by atoms with van der Waals surface area (Å²) in [6.07, 6.45) is 85.9. The van der Waals surface area contributed by atoms with Gasteiger partial charge in [0.25, 0.3) is 7.82 Å². The monoisotopic (exact) mass is 1210 g/mol. The number of rotatable bonds is 65. The topological polar surface area (TPSA) is 114 Å². The second-order valence-corrected chi connectivity index (χ2v) is 26.8. The van der Waals surface area contributed by atoms with Crippen molar-refractivity contribution in [1.82, 2.24) is 5.32 Å². The van der Waals surface area contributed by atoms with E-state index in [-0.39, 0.29) is 31.3 Å². The molecule has 0 aliphatic heterocycles. The van der Waals surface area contributed by atoms with Crippen LogP contribution in [0.5, 0.6) is 0 Å². The summed E-state index contributed by atoms with van der Waals surface area (Å²) >= 11 is 0. The summed E-state index contributed by atoms with van der Waals surface area (Å²) in [6, 6.07) is -0.915. The molecule has 0 radical (unpaired) electrons. The molecule has 1 N–H and O–H groups in total. The summed E-state index contributed by atoms with van der Waals surface area (Å²) in [5, 5.41) is 3.01. The Morgan fingerprint density at radius 2 is 0.753 bits per heavy atom. The van der Waals surface area contributed by atoms with Gasteiger partial charge in [0.15, 0.2) is 0 Å². The lowest BCUT2D eigenvalue weighted by Crippen LogP contribution is -2.47. The van der Waals surface area contributed by atoms with E-state index in [2.05, 4.69) is 99.0 Å². The lowest BCUT2D eigenvalue weighted by atomic mass is 10.0. The van der Waals surface area contributed by atoms with Crippen molar-refractivity contribution >= 4 is 19.7 Å². The second kappa shape index (κ2) is 64.2. The van der Waals surface area contributed by atoms with Crippen LogP contribution in [0.2, 0.25) is 0 Å². The normalized spacial score (nSPS) is 14.0. The van der Waals surface area contributed by atoms with E-state index in [4.69, 9.17) is 13.8 Å². The number of quaternary nitrogens is 1. The van der Waals surface area contributed by atoms with Gasteiger partial charge in [-0.25, -0.2) is 0 Å². The van der Waals surface area contributed by atoms with Crippen molar-refractivity contribution in [2.24, 2.45) is 0 Å². The Labute approximate surface area is 526 Å². The maximum atomic E-state index is 13.6. The molecule has 10 heteroatoms. The van der Waals surface area contributed by atoms with Gasteiger partial charge >= 0.3 is 5.97 Å². The number of amides is 1. The highest BCUT2D eigenvalue weighted by Gasteiger charge is 2.27. The van der Waals surface area contributed by atoms with Gasteiger partial charge in [-0.1, -0.05) is 318 Å². The van der Waals surface area contributed by atoms with Crippen LogP contribution >= 0.6 is 7.82 Å². The first-order valence-corrected chi connectivity index (χ1v) is 37.4. The molecule has 0 aromatic rings. The number of phosphoric ester groups is 1. The zero-order valence-corrected chi connectivity index (χ0v) is 57.4. The molecule has 85 heavy (non-hydrogen) atoms. The van der Waals surface area contributed by atoms with Crippen LogP contribution < -0.4 is 10.2 Å².